The molecular weight excluding hydrogens is 746 g/mol. The van der Waals surface area contributed by atoms with Crippen LogP contribution in [-0.4, -0.2) is 92.7 Å². The van der Waals surface area contributed by atoms with Gasteiger partial charge in [0.15, 0.2) is 0 Å². The standard InChI is InChI=1S/C40H50ClN5O8S/c1-24-33-28(29-20-26(41)14-15-30(29)42-24)16-17-39(54-33)22-32-34(47)43-40(36(49)44-55(52,53)38(2)18-19-38)21-25(40)10-6-4-3-5-7-13-31(35(48)45(32)23-39)46(37(50)51)27-11-8-9-12-27/h6,10,14-15,20,25,27,31-32H,3-5,7-9,11-13,16-19,21-23H2,1-2H3,(H,43,47)(H,44,49)(H,50,51)/b10-6-/t25-,31+,32+,39-,40-/m1/s1. The summed E-state index contributed by atoms with van der Waals surface area (Å²) in [5.74, 6) is -1.70. The number of amides is 4. The molecule has 1 spiro atoms. The molecule has 2 aromatic rings. The van der Waals surface area contributed by atoms with Crippen LogP contribution < -0.4 is 14.8 Å². The van der Waals surface area contributed by atoms with Gasteiger partial charge in [0.1, 0.15) is 29.0 Å². The number of carbonyl (C=O) groups excluding carboxylic acids is 3. The molecule has 55 heavy (non-hydrogen) atoms. The third-order valence-corrected chi connectivity index (χ3v) is 15.6. The SMILES string of the molecule is Cc1nc2ccc(Cl)cc2c2c1O[C@]1(CC2)C[C@H]2C(=O)N[C@]3(C(=O)NS(=O)(=O)C4(C)CC4)C[C@H]3/C=C\CCCCC[C@H](N(C(=O)O)C3CCCC3)C(=O)N2C1. The summed E-state index contributed by atoms with van der Waals surface area (Å²) in [5, 5.41) is 15.0. The first-order chi connectivity index (χ1) is 26.2. The Balaban J connectivity index is 1.17. The lowest BCUT2D eigenvalue weighted by molar-refractivity contribution is -0.144. The van der Waals surface area contributed by atoms with Crippen LogP contribution >= 0.6 is 11.6 Å². The molecule has 3 saturated carbocycles. The lowest BCUT2D eigenvalue weighted by Crippen LogP contribution is -2.59. The normalized spacial score (nSPS) is 31.3. The molecule has 1 aromatic heterocycles. The second-order valence-electron chi connectivity index (χ2n) is 17.0. The van der Waals surface area contributed by atoms with E-state index < -0.39 is 67.7 Å². The average molecular weight is 796 g/mol. The molecule has 4 amide bonds. The molecule has 15 heteroatoms. The second-order valence-corrected chi connectivity index (χ2v) is 19.6. The van der Waals surface area contributed by atoms with Crippen molar-refractivity contribution in [3.63, 3.8) is 0 Å². The summed E-state index contributed by atoms with van der Waals surface area (Å²) in [6.07, 6.45) is 11.1. The summed E-state index contributed by atoms with van der Waals surface area (Å²) in [6.45, 7) is 3.49. The van der Waals surface area contributed by atoms with E-state index in [0.717, 1.165) is 42.1 Å². The van der Waals surface area contributed by atoms with Crippen LogP contribution in [0.2, 0.25) is 5.02 Å². The minimum absolute atomic E-state index is 0.0280. The van der Waals surface area contributed by atoms with Gasteiger partial charge in [-0.1, -0.05) is 49.4 Å². The number of ether oxygens (including phenoxy) is 1. The molecule has 3 aliphatic carbocycles. The van der Waals surface area contributed by atoms with Crippen LogP contribution in [-0.2, 0) is 30.8 Å². The number of sulfonamides is 1. The van der Waals surface area contributed by atoms with Crippen molar-refractivity contribution >= 4 is 56.3 Å². The van der Waals surface area contributed by atoms with Gasteiger partial charge in [0.25, 0.3) is 5.91 Å². The number of carboxylic acid groups (broad SMARTS) is 1. The predicted octanol–water partition coefficient (Wildman–Crippen LogP) is 5.55. The fourth-order valence-electron chi connectivity index (χ4n) is 9.49. The van der Waals surface area contributed by atoms with E-state index in [-0.39, 0.29) is 25.4 Å². The van der Waals surface area contributed by atoms with Crippen LogP contribution in [0.1, 0.15) is 108 Å². The number of aromatic nitrogens is 1. The minimum Gasteiger partial charge on any atom is -0.483 e. The van der Waals surface area contributed by atoms with Crippen LogP contribution in [0.5, 0.6) is 5.75 Å². The lowest BCUT2D eigenvalue weighted by atomic mass is 9.87. The van der Waals surface area contributed by atoms with E-state index in [9.17, 15) is 27.9 Å². The molecule has 0 radical (unpaired) electrons. The molecule has 8 rings (SSSR count). The van der Waals surface area contributed by atoms with Gasteiger partial charge in [0, 0.05) is 34.4 Å². The number of benzene rings is 1. The van der Waals surface area contributed by atoms with E-state index in [1.54, 1.807) is 13.0 Å². The average Bonchev–Trinajstić information content (AvgIpc) is 3.92. The van der Waals surface area contributed by atoms with Gasteiger partial charge < -0.3 is 20.1 Å². The largest absolute Gasteiger partial charge is 0.483 e. The summed E-state index contributed by atoms with van der Waals surface area (Å²) in [4.78, 5) is 64.4. The molecule has 3 N–H and O–H groups in total. The second kappa shape index (κ2) is 13.9. The van der Waals surface area contributed by atoms with Crippen LogP contribution in [0.25, 0.3) is 10.9 Å². The Morgan fingerprint density at radius 2 is 1.82 bits per heavy atom. The smallest absolute Gasteiger partial charge is 0.408 e. The number of pyridine rings is 1. The summed E-state index contributed by atoms with van der Waals surface area (Å²) < 4.78 is 34.6. The minimum atomic E-state index is -4.00. The van der Waals surface area contributed by atoms with Gasteiger partial charge in [0.2, 0.25) is 21.8 Å². The molecule has 296 valence electrons. The van der Waals surface area contributed by atoms with Crippen molar-refractivity contribution in [3.05, 3.63) is 46.6 Å². The third kappa shape index (κ3) is 6.84. The maximum absolute atomic E-state index is 15.1. The number of halogens is 1. The van der Waals surface area contributed by atoms with Crippen LogP contribution in [0.4, 0.5) is 4.79 Å². The number of nitrogens with one attached hydrogen (secondary N) is 2. The number of fused-ring (bicyclic) bond motifs is 5. The maximum atomic E-state index is 15.1. The van der Waals surface area contributed by atoms with Crippen molar-refractivity contribution in [2.45, 2.75) is 144 Å². The van der Waals surface area contributed by atoms with E-state index in [4.69, 9.17) is 21.3 Å². The molecule has 3 aliphatic heterocycles. The van der Waals surface area contributed by atoms with Gasteiger partial charge in [-0.15, -0.1) is 0 Å². The van der Waals surface area contributed by atoms with Crippen molar-refractivity contribution in [2.24, 2.45) is 5.92 Å². The Morgan fingerprint density at radius 1 is 1.07 bits per heavy atom. The van der Waals surface area contributed by atoms with Crippen LogP contribution in [0.3, 0.4) is 0 Å². The lowest BCUT2D eigenvalue weighted by Gasteiger charge is -2.38. The predicted molar refractivity (Wildman–Crippen MR) is 205 cm³/mol. The zero-order chi connectivity index (χ0) is 38.9. The zero-order valence-corrected chi connectivity index (χ0v) is 33.0. The Labute approximate surface area is 326 Å². The van der Waals surface area contributed by atoms with E-state index in [1.165, 1.54) is 9.80 Å². The molecule has 0 unspecified atom stereocenters. The molecule has 1 aromatic carbocycles. The number of hydrogen-bond donors (Lipinski definition) is 3. The van der Waals surface area contributed by atoms with E-state index in [0.29, 0.717) is 74.3 Å². The summed E-state index contributed by atoms with van der Waals surface area (Å²) in [5.41, 5.74) is -0.143. The van der Waals surface area contributed by atoms with Crippen molar-refractivity contribution < 1.29 is 37.4 Å². The first-order valence-corrected chi connectivity index (χ1v) is 21.7. The Kier molecular flexibility index (Phi) is 9.62. The van der Waals surface area contributed by atoms with Crippen molar-refractivity contribution in [3.8, 4) is 5.75 Å². The Morgan fingerprint density at radius 3 is 2.55 bits per heavy atom. The topological polar surface area (TPSA) is 175 Å². The van der Waals surface area contributed by atoms with Crippen LogP contribution in [0, 0.1) is 12.8 Å². The molecular formula is C40H50ClN5O8S. The van der Waals surface area contributed by atoms with Gasteiger partial charge in [0.05, 0.1) is 22.5 Å². The number of carbonyl (C=O) groups is 4. The fraction of sp³-hybridized carbons (Fsp3) is 0.625. The summed E-state index contributed by atoms with van der Waals surface area (Å²) in [7, 11) is -4.00. The van der Waals surface area contributed by atoms with Crippen molar-refractivity contribution in [2.75, 3.05) is 6.54 Å². The highest BCUT2D eigenvalue weighted by atomic mass is 35.5. The number of rotatable bonds is 5. The Hall–Kier alpha value is -3.91. The quantitative estimate of drug-likeness (QED) is 0.328. The monoisotopic (exact) mass is 795 g/mol. The first kappa shape index (κ1) is 38.0. The summed E-state index contributed by atoms with van der Waals surface area (Å²) >= 11 is 6.40. The van der Waals surface area contributed by atoms with Gasteiger partial charge in [-0.25, -0.2) is 18.2 Å². The first-order valence-electron chi connectivity index (χ1n) is 19.8. The highest BCUT2D eigenvalue weighted by Crippen LogP contribution is 2.49. The number of hydrogen-bond acceptors (Lipinski definition) is 8. The number of nitrogens with zero attached hydrogens (tertiary/aromatic N) is 3. The van der Waals surface area contributed by atoms with Gasteiger partial charge in [-0.3, -0.25) is 24.0 Å². The molecule has 4 fully saturated rings. The highest BCUT2D eigenvalue weighted by molar-refractivity contribution is 7.91. The molecule has 5 atom stereocenters. The molecule has 4 heterocycles. The van der Waals surface area contributed by atoms with Crippen molar-refractivity contribution in [1.29, 1.82) is 0 Å². The van der Waals surface area contributed by atoms with Crippen molar-refractivity contribution in [1.82, 2.24) is 24.8 Å². The van der Waals surface area contributed by atoms with E-state index in [1.807, 2.05) is 31.2 Å². The molecule has 1 saturated heterocycles. The van der Waals surface area contributed by atoms with Gasteiger partial charge in [-0.05, 0) is 96.3 Å². The van der Waals surface area contributed by atoms with E-state index in [2.05, 4.69) is 10.0 Å². The zero-order valence-electron chi connectivity index (χ0n) is 31.4. The summed E-state index contributed by atoms with van der Waals surface area (Å²) in [6, 6.07) is 3.09. The molecule has 13 nitrogen and oxygen atoms in total. The molecule has 0 bridgehead atoms. The number of aryl methyl sites for hydroxylation is 2. The van der Waals surface area contributed by atoms with E-state index >= 15 is 4.79 Å². The number of allylic oxidation sites excluding steroid dienone is 1. The van der Waals surface area contributed by atoms with Gasteiger partial charge >= 0.3 is 6.09 Å². The highest BCUT2D eigenvalue weighted by Gasteiger charge is 2.64. The fourth-order valence-corrected chi connectivity index (χ4v) is 11.0. The molecule has 6 aliphatic rings. The van der Waals surface area contributed by atoms with Gasteiger partial charge in [-0.2, -0.15) is 0 Å². The maximum Gasteiger partial charge on any atom is 0.408 e. The Bertz CT molecular complexity index is 2080. The third-order valence-electron chi connectivity index (χ3n) is 13.2. The van der Waals surface area contributed by atoms with Crippen LogP contribution in [0.15, 0.2) is 30.4 Å².